The van der Waals surface area contributed by atoms with Crippen molar-refractivity contribution in [3.8, 4) is 22.6 Å². The van der Waals surface area contributed by atoms with E-state index in [4.69, 9.17) is 4.74 Å². The Morgan fingerprint density at radius 3 is 2.21 bits per heavy atom. The smallest absolute Gasteiger partial charge is 0.387 e. The first-order chi connectivity index (χ1) is 18.8. The summed E-state index contributed by atoms with van der Waals surface area (Å²) >= 11 is 0. The molecule has 206 valence electrons. The highest BCUT2D eigenvalue weighted by Crippen LogP contribution is 2.31. The topological polar surface area (TPSA) is 18.5 Å². The van der Waals surface area contributed by atoms with Gasteiger partial charge in [0.2, 0.25) is 0 Å². The molecule has 0 heterocycles. The summed E-state index contributed by atoms with van der Waals surface area (Å²) in [6.45, 7) is -0.705. The number of hydrogen-bond donors (Lipinski definition) is 0. The van der Waals surface area contributed by atoms with Crippen LogP contribution in [0.1, 0.15) is 43.7 Å². The Hall–Kier alpha value is -3.68. The normalized spacial score (nSPS) is 11.4. The lowest BCUT2D eigenvalue weighted by Crippen LogP contribution is -2.06. The molecule has 0 N–H and O–H groups in total. The van der Waals surface area contributed by atoms with Gasteiger partial charge in [0.1, 0.15) is 17.4 Å². The zero-order chi connectivity index (χ0) is 27.9. The van der Waals surface area contributed by atoms with Crippen LogP contribution in [-0.2, 0) is 12.8 Å². The standard InChI is InChI=1S/C31H28F6O2/c1-2-3-4-5-14-38-23-11-13-24(26(32)18-23)21-10-12-25-22(17-21)9-8-20(29(25)35)7-6-19-15-27(33)30(28(34)16-19)39-31(36)37/h8-13,15-18,31H,2-7,14H2,1H3. The summed E-state index contributed by atoms with van der Waals surface area (Å²) in [5.74, 6) is -4.14. The van der Waals surface area contributed by atoms with Gasteiger partial charge in [-0.25, -0.2) is 17.6 Å². The van der Waals surface area contributed by atoms with Gasteiger partial charge in [-0.3, -0.25) is 0 Å². The monoisotopic (exact) mass is 546 g/mol. The minimum Gasteiger partial charge on any atom is -0.493 e. The third-order valence-corrected chi connectivity index (χ3v) is 6.50. The Morgan fingerprint density at radius 2 is 1.51 bits per heavy atom. The molecule has 0 unspecified atom stereocenters. The molecule has 0 aliphatic heterocycles. The quantitative estimate of drug-likeness (QED) is 0.130. The van der Waals surface area contributed by atoms with Crippen LogP contribution in [0.25, 0.3) is 21.9 Å². The van der Waals surface area contributed by atoms with E-state index < -0.39 is 35.6 Å². The van der Waals surface area contributed by atoms with Crippen molar-refractivity contribution in [1.82, 2.24) is 0 Å². The summed E-state index contributed by atoms with van der Waals surface area (Å²) in [6.07, 6.45) is 4.42. The van der Waals surface area contributed by atoms with Gasteiger partial charge in [0.05, 0.1) is 6.61 Å². The number of ether oxygens (including phenoxy) is 2. The van der Waals surface area contributed by atoms with Crippen LogP contribution in [0, 0.1) is 23.3 Å². The first kappa shape index (κ1) is 28.3. The number of fused-ring (bicyclic) bond motifs is 1. The average molecular weight is 547 g/mol. The molecule has 0 spiro atoms. The third-order valence-electron chi connectivity index (χ3n) is 6.50. The molecule has 4 aromatic rings. The molecule has 8 heteroatoms. The zero-order valence-corrected chi connectivity index (χ0v) is 21.4. The van der Waals surface area contributed by atoms with E-state index in [1.54, 1.807) is 42.5 Å². The van der Waals surface area contributed by atoms with Gasteiger partial charge in [0.25, 0.3) is 0 Å². The predicted octanol–water partition coefficient (Wildman–Crippen LogP) is 9.41. The molecule has 0 bridgehead atoms. The number of rotatable bonds is 12. The van der Waals surface area contributed by atoms with Gasteiger partial charge >= 0.3 is 6.61 Å². The van der Waals surface area contributed by atoms with Gasteiger partial charge in [-0.1, -0.05) is 50.5 Å². The first-order valence-corrected chi connectivity index (χ1v) is 12.8. The second-order valence-electron chi connectivity index (χ2n) is 9.29. The number of alkyl halides is 2. The van der Waals surface area contributed by atoms with Crippen molar-refractivity contribution < 1.29 is 35.8 Å². The Morgan fingerprint density at radius 1 is 0.744 bits per heavy atom. The van der Waals surface area contributed by atoms with Crippen LogP contribution in [0.15, 0.2) is 60.7 Å². The predicted molar refractivity (Wildman–Crippen MR) is 139 cm³/mol. The van der Waals surface area contributed by atoms with Crippen molar-refractivity contribution in [2.24, 2.45) is 0 Å². The fourth-order valence-electron chi connectivity index (χ4n) is 4.47. The molecule has 0 aliphatic carbocycles. The van der Waals surface area contributed by atoms with Crippen LogP contribution < -0.4 is 9.47 Å². The van der Waals surface area contributed by atoms with Gasteiger partial charge in [-0.2, -0.15) is 8.78 Å². The van der Waals surface area contributed by atoms with E-state index in [-0.39, 0.29) is 18.4 Å². The molecule has 0 saturated heterocycles. The van der Waals surface area contributed by atoms with Crippen LogP contribution >= 0.6 is 0 Å². The van der Waals surface area contributed by atoms with E-state index in [9.17, 15) is 22.0 Å². The molecule has 4 aromatic carbocycles. The molecule has 0 fully saturated rings. The van der Waals surface area contributed by atoms with E-state index in [1.807, 2.05) is 0 Å². The summed E-state index contributed by atoms with van der Waals surface area (Å²) in [7, 11) is 0. The fourth-order valence-corrected chi connectivity index (χ4v) is 4.47. The van der Waals surface area contributed by atoms with Crippen LogP contribution in [0.5, 0.6) is 11.5 Å². The van der Waals surface area contributed by atoms with Crippen molar-refractivity contribution in [3.63, 3.8) is 0 Å². The highest BCUT2D eigenvalue weighted by atomic mass is 19.3. The summed E-state index contributed by atoms with van der Waals surface area (Å²) in [4.78, 5) is 0. The summed E-state index contributed by atoms with van der Waals surface area (Å²) in [6, 6.07) is 14.6. The van der Waals surface area contributed by atoms with E-state index in [1.165, 1.54) is 6.07 Å². The van der Waals surface area contributed by atoms with Gasteiger partial charge < -0.3 is 9.47 Å². The molecule has 0 amide bonds. The molecule has 0 aliphatic rings. The van der Waals surface area contributed by atoms with Gasteiger partial charge in [-0.05, 0) is 71.7 Å². The maximum absolute atomic E-state index is 15.3. The molecule has 2 nitrogen and oxygen atoms in total. The lowest BCUT2D eigenvalue weighted by molar-refractivity contribution is -0.0546. The summed E-state index contributed by atoms with van der Waals surface area (Å²) in [5, 5.41) is 0.886. The molecule has 4 rings (SSSR count). The summed E-state index contributed by atoms with van der Waals surface area (Å²) < 4.78 is 92.3. The number of hydrogen-bond acceptors (Lipinski definition) is 2. The fraction of sp³-hybridized carbons (Fsp3) is 0.290. The van der Waals surface area contributed by atoms with Crippen LogP contribution in [0.4, 0.5) is 26.3 Å². The van der Waals surface area contributed by atoms with E-state index in [0.29, 0.717) is 39.8 Å². The summed E-state index contributed by atoms with van der Waals surface area (Å²) in [5.41, 5.74) is 1.43. The van der Waals surface area contributed by atoms with E-state index in [0.717, 1.165) is 37.8 Å². The van der Waals surface area contributed by atoms with Crippen LogP contribution in [-0.4, -0.2) is 13.2 Å². The average Bonchev–Trinajstić information content (AvgIpc) is 2.90. The first-order valence-electron chi connectivity index (χ1n) is 12.8. The van der Waals surface area contributed by atoms with E-state index in [2.05, 4.69) is 11.7 Å². The van der Waals surface area contributed by atoms with Crippen molar-refractivity contribution in [2.45, 2.75) is 52.1 Å². The second kappa shape index (κ2) is 12.9. The Labute approximate surface area is 223 Å². The lowest BCUT2D eigenvalue weighted by Gasteiger charge is -2.12. The molecule has 0 atom stereocenters. The largest absolute Gasteiger partial charge is 0.493 e. The maximum atomic E-state index is 15.3. The van der Waals surface area contributed by atoms with Crippen molar-refractivity contribution in [2.75, 3.05) is 6.61 Å². The molecule has 0 aromatic heterocycles. The van der Waals surface area contributed by atoms with Gasteiger partial charge in [0, 0.05) is 17.0 Å². The second-order valence-corrected chi connectivity index (χ2v) is 9.29. The number of aryl methyl sites for hydroxylation is 2. The van der Waals surface area contributed by atoms with E-state index >= 15 is 4.39 Å². The van der Waals surface area contributed by atoms with Gasteiger partial charge in [0.15, 0.2) is 17.4 Å². The third kappa shape index (κ3) is 7.05. The minimum atomic E-state index is -3.36. The Bertz CT molecular complexity index is 1410. The van der Waals surface area contributed by atoms with Crippen LogP contribution in [0.3, 0.4) is 0 Å². The van der Waals surface area contributed by atoms with Crippen LogP contribution in [0.2, 0.25) is 0 Å². The highest BCUT2D eigenvalue weighted by molar-refractivity contribution is 5.88. The number of unbranched alkanes of at least 4 members (excludes halogenated alkanes) is 3. The number of benzene rings is 4. The minimum absolute atomic E-state index is 0.0710. The Kier molecular flexibility index (Phi) is 9.38. The van der Waals surface area contributed by atoms with Crippen molar-refractivity contribution in [3.05, 3.63) is 95.1 Å². The molecule has 0 saturated carbocycles. The lowest BCUT2D eigenvalue weighted by atomic mass is 9.97. The van der Waals surface area contributed by atoms with Crippen molar-refractivity contribution in [1.29, 1.82) is 0 Å². The molecular formula is C31H28F6O2. The Balaban J connectivity index is 1.47. The maximum Gasteiger partial charge on any atom is 0.387 e. The van der Waals surface area contributed by atoms with Crippen molar-refractivity contribution >= 4 is 10.8 Å². The zero-order valence-electron chi connectivity index (χ0n) is 21.4. The highest BCUT2D eigenvalue weighted by Gasteiger charge is 2.17. The molecular weight excluding hydrogens is 518 g/mol. The SMILES string of the molecule is CCCCCCOc1ccc(-c2ccc3c(F)c(CCc4cc(F)c(OC(F)F)c(F)c4)ccc3c2)c(F)c1. The van der Waals surface area contributed by atoms with Gasteiger partial charge in [-0.15, -0.1) is 0 Å². The molecule has 39 heavy (non-hydrogen) atoms. The molecule has 0 radical (unpaired) electrons. The number of halogens is 6.